The Morgan fingerprint density at radius 2 is 2.00 bits per heavy atom. The largest absolute Gasteiger partial charge is 0.299 e. The van der Waals surface area contributed by atoms with Crippen LogP contribution in [-0.2, 0) is 19.4 Å². The van der Waals surface area contributed by atoms with E-state index in [1.807, 2.05) is 6.92 Å². The first-order chi connectivity index (χ1) is 7.10. The highest BCUT2D eigenvalue weighted by atomic mass is 16.1. The molecule has 0 atom stereocenters. The summed E-state index contributed by atoms with van der Waals surface area (Å²) in [5, 5.41) is 3.24. The van der Waals surface area contributed by atoms with Crippen LogP contribution < -0.4 is 5.56 Å². The molecule has 0 unspecified atom stereocenters. The van der Waals surface area contributed by atoms with E-state index in [1.165, 1.54) is 0 Å². The van der Waals surface area contributed by atoms with Crippen LogP contribution in [0.3, 0.4) is 0 Å². The summed E-state index contributed by atoms with van der Waals surface area (Å²) in [6.07, 6.45) is 2.79. The van der Waals surface area contributed by atoms with Gasteiger partial charge in [0.05, 0.1) is 0 Å². The molecule has 0 radical (unpaired) electrons. The number of rotatable bonds is 5. The Balaban J connectivity index is 3.04. The number of H-pyrrole nitrogens is 1. The molecule has 0 aliphatic rings. The molecular formula is C12H22N2O. The smallest absolute Gasteiger partial charge is 0.269 e. The predicted octanol–water partition coefficient (Wildman–Crippen LogP) is 2.35. The van der Waals surface area contributed by atoms with Crippen LogP contribution in [0.4, 0.5) is 0 Å². The first-order valence-corrected chi connectivity index (χ1v) is 5.90. The number of hydrogen-bond acceptors (Lipinski definition) is 1. The van der Waals surface area contributed by atoms with E-state index in [0.29, 0.717) is 5.92 Å². The summed E-state index contributed by atoms with van der Waals surface area (Å²) >= 11 is 0. The van der Waals surface area contributed by atoms with Crippen molar-refractivity contribution in [3.05, 3.63) is 21.6 Å². The Kier molecular flexibility index (Phi) is 4.18. The van der Waals surface area contributed by atoms with Crippen molar-refractivity contribution >= 4 is 0 Å². The summed E-state index contributed by atoms with van der Waals surface area (Å²) in [5.74, 6) is 0.587. The summed E-state index contributed by atoms with van der Waals surface area (Å²) in [5.41, 5.74) is 2.28. The van der Waals surface area contributed by atoms with Gasteiger partial charge in [-0.25, -0.2) is 0 Å². The molecule has 0 saturated heterocycles. The molecule has 0 amide bonds. The molecule has 86 valence electrons. The highest BCUT2D eigenvalue weighted by Crippen LogP contribution is 2.09. The molecule has 0 aliphatic heterocycles. The van der Waals surface area contributed by atoms with Gasteiger partial charge in [-0.05, 0) is 25.2 Å². The van der Waals surface area contributed by atoms with E-state index in [0.717, 1.165) is 37.1 Å². The Morgan fingerprint density at radius 1 is 1.33 bits per heavy atom. The first-order valence-electron chi connectivity index (χ1n) is 5.90. The van der Waals surface area contributed by atoms with Crippen LogP contribution in [0.15, 0.2) is 4.79 Å². The lowest BCUT2D eigenvalue weighted by Crippen LogP contribution is -2.18. The molecule has 0 aromatic carbocycles. The third-order valence-electron chi connectivity index (χ3n) is 2.55. The van der Waals surface area contributed by atoms with Gasteiger partial charge in [-0.2, -0.15) is 0 Å². The maximum absolute atomic E-state index is 11.9. The average Bonchev–Trinajstić information content (AvgIpc) is 2.43. The van der Waals surface area contributed by atoms with Gasteiger partial charge in [0.15, 0.2) is 0 Å². The summed E-state index contributed by atoms with van der Waals surface area (Å²) < 4.78 is 1.75. The molecule has 3 nitrogen and oxygen atoms in total. The van der Waals surface area contributed by atoms with Crippen molar-refractivity contribution < 1.29 is 0 Å². The quantitative estimate of drug-likeness (QED) is 0.796. The highest BCUT2D eigenvalue weighted by Gasteiger charge is 2.12. The van der Waals surface area contributed by atoms with Crippen LogP contribution in [0.2, 0.25) is 0 Å². The van der Waals surface area contributed by atoms with Gasteiger partial charge in [0.2, 0.25) is 0 Å². The van der Waals surface area contributed by atoms with E-state index in [-0.39, 0.29) is 5.56 Å². The van der Waals surface area contributed by atoms with Gasteiger partial charge in [-0.1, -0.05) is 27.7 Å². The molecule has 0 bridgehead atoms. The molecule has 1 heterocycles. The van der Waals surface area contributed by atoms with Crippen molar-refractivity contribution in [1.82, 2.24) is 9.78 Å². The van der Waals surface area contributed by atoms with Crippen molar-refractivity contribution in [2.45, 2.75) is 53.5 Å². The number of hydrogen-bond donors (Lipinski definition) is 1. The number of nitrogens with one attached hydrogen (secondary N) is 1. The maximum atomic E-state index is 11.9. The van der Waals surface area contributed by atoms with E-state index in [2.05, 4.69) is 25.9 Å². The normalized spacial score (nSPS) is 11.3. The van der Waals surface area contributed by atoms with Crippen LogP contribution in [0.1, 0.15) is 45.4 Å². The van der Waals surface area contributed by atoms with Gasteiger partial charge in [0.1, 0.15) is 0 Å². The summed E-state index contributed by atoms with van der Waals surface area (Å²) in [6.45, 7) is 9.28. The molecule has 1 N–H and O–H groups in total. The van der Waals surface area contributed by atoms with Crippen LogP contribution >= 0.6 is 0 Å². The molecule has 0 fully saturated rings. The zero-order valence-corrected chi connectivity index (χ0v) is 10.3. The molecule has 3 heteroatoms. The number of aromatic nitrogens is 2. The Morgan fingerprint density at radius 3 is 2.47 bits per heavy atom. The lowest BCUT2D eigenvalue weighted by molar-refractivity contribution is 0.562. The van der Waals surface area contributed by atoms with E-state index >= 15 is 0 Å². The van der Waals surface area contributed by atoms with E-state index < -0.39 is 0 Å². The zero-order chi connectivity index (χ0) is 11.4. The zero-order valence-electron chi connectivity index (χ0n) is 10.3. The SMILES string of the molecule is CCCn1[nH]c(CC(C)C)c(CC)c1=O. The standard InChI is InChI=1S/C12H22N2O/c1-5-7-14-12(15)10(6-2)11(13-14)8-9(3)4/h9,13H,5-8H2,1-4H3. The van der Waals surface area contributed by atoms with Crippen molar-refractivity contribution in [2.24, 2.45) is 5.92 Å². The summed E-state index contributed by atoms with van der Waals surface area (Å²) in [7, 11) is 0. The number of aromatic amines is 1. The molecule has 15 heavy (non-hydrogen) atoms. The predicted molar refractivity (Wildman–Crippen MR) is 63.3 cm³/mol. The molecular weight excluding hydrogens is 188 g/mol. The topological polar surface area (TPSA) is 37.8 Å². The van der Waals surface area contributed by atoms with Crippen molar-refractivity contribution in [1.29, 1.82) is 0 Å². The van der Waals surface area contributed by atoms with Gasteiger partial charge < -0.3 is 0 Å². The van der Waals surface area contributed by atoms with Crippen molar-refractivity contribution in [3.63, 3.8) is 0 Å². The second kappa shape index (κ2) is 5.19. The van der Waals surface area contributed by atoms with Crippen LogP contribution in [-0.4, -0.2) is 9.78 Å². The minimum atomic E-state index is 0.176. The van der Waals surface area contributed by atoms with Crippen molar-refractivity contribution in [3.8, 4) is 0 Å². The number of nitrogens with zero attached hydrogens (tertiary/aromatic N) is 1. The molecule has 0 aliphatic carbocycles. The van der Waals surface area contributed by atoms with Gasteiger partial charge in [0, 0.05) is 17.8 Å². The first kappa shape index (κ1) is 12.1. The average molecular weight is 210 g/mol. The molecule has 1 rings (SSSR count). The second-order valence-corrected chi connectivity index (χ2v) is 4.48. The fraction of sp³-hybridized carbons (Fsp3) is 0.750. The van der Waals surface area contributed by atoms with Gasteiger partial charge in [-0.3, -0.25) is 14.6 Å². The lowest BCUT2D eigenvalue weighted by atomic mass is 10.0. The minimum Gasteiger partial charge on any atom is -0.299 e. The fourth-order valence-electron chi connectivity index (χ4n) is 1.90. The van der Waals surface area contributed by atoms with E-state index in [1.54, 1.807) is 4.68 Å². The molecule has 0 saturated carbocycles. The fourth-order valence-corrected chi connectivity index (χ4v) is 1.90. The van der Waals surface area contributed by atoms with E-state index in [4.69, 9.17) is 0 Å². The summed E-state index contributed by atoms with van der Waals surface area (Å²) in [4.78, 5) is 11.9. The molecule has 1 aromatic rings. The lowest BCUT2D eigenvalue weighted by Gasteiger charge is -2.03. The highest BCUT2D eigenvalue weighted by molar-refractivity contribution is 5.17. The molecule has 0 spiro atoms. The van der Waals surface area contributed by atoms with Gasteiger partial charge in [0.25, 0.3) is 5.56 Å². The van der Waals surface area contributed by atoms with Gasteiger partial charge in [-0.15, -0.1) is 0 Å². The van der Waals surface area contributed by atoms with Crippen molar-refractivity contribution in [2.75, 3.05) is 0 Å². The minimum absolute atomic E-state index is 0.176. The van der Waals surface area contributed by atoms with Crippen LogP contribution in [0.5, 0.6) is 0 Å². The van der Waals surface area contributed by atoms with Gasteiger partial charge >= 0.3 is 0 Å². The third kappa shape index (κ3) is 2.74. The number of aryl methyl sites for hydroxylation is 1. The molecule has 1 aromatic heterocycles. The maximum Gasteiger partial charge on any atom is 0.269 e. The Labute approximate surface area is 91.5 Å². The van der Waals surface area contributed by atoms with E-state index in [9.17, 15) is 4.79 Å². The van der Waals surface area contributed by atoms with Crippen LogP contribution in [0, 0.1) is 5.92 Å². The third-order valence-corrected chi connectivity index (χ3v) is 2.55. The Hall–Kier alpha value is -0.990. The van der Waals surface area contributed by atoms with Crippen LogP contribution in [0.25, 0.3) is 0 Å². The summed E-state index contributed by atoms with van der Waals surface area (Å²) in [6, 6.07) is 0. The second-order valence-electron chi connectivity index (χ2n) is 4.48. The monoisotopic (exact) mass is 210 g/mol. The Bertz CT molecular complexity index is 360.